The van der Waals surface area contributed by atoms with Crippen LogP contribution in [0.2, 0.25) is 0 Å². The van der Waals surface area contributed by atoms with E-state index in [1.807, 2.05) is 13.8 Å². The first-order valence-electron chi connectivity index (χ1n) is 6.43. The molecule has 0 aromatic carbocycles. The van der Waals surface area contributed by atoms with Gasteiger partial charge in [0.05, 0.1) is 5.95 Å². The molecular weight excluding hydrogens is 207 g/mol. The summed E-state index contributed by atoms with van der Waals surface area (Å²) >= 11 is 0. The first kappa shape index (κ1) is 16.9. The maximum absolute atomic E-state index is 11.6. The smallest absolute Gasteiger partial charge is 0.610 e. The average molecular weight is 232 g/mol. The van der Waals surface area contributed by atoms with Gasteiger partial charge < -0.3 is 9.84 Å². The molecule has 0 saturated heterocycles. The fourth-order valence-electron chi connectivity index (χ4n) is 2.51. The van der Waals surface area contributed by atoms with E-state index in [4.69, 9.17) is 4.74 Å². The summed E-state index contributed by atoms with van der Waals surface area (Å²) < 4.78 is 5.62. The van der Waals surface area contributed by atoms with Gasteiger partial charge in [0.25, 0.3) is 0 Å². The molecule has 0 bridgehead atoms. The third kappa shape index (κ3) is 4.98. The standard InChI is InChI=1S/C14H26O2.Li/c1-9(2)12-7-6-11(5)8-13(12)16-14(15)10(3)4;/h9,11-13,15H,6-8H2,1-5H3;/q;+1/p-1/t11-,12+,13-;/m0./s1. The largest absolute Gasteiger partial charge is 1.00 e. The van der Waals surface area contributed by atoms with Crippen molar-refractivity contribution in [3.63, 3.8) is 0 Å². The SMILES string of the molecule is CC(C)=C([O-])O[C@H]1C[C@@H](C)CC[C@@H]1C(C)C.[Li+]. The van der Waals surface area contributed by atoms with E-state index in [9.17, 15) is 5.11 Å². The van der Waals surface area contributed by atoms with Gasteiger partial charge >= 0.3 is 18.9 Å². The van der Waals surface area contributed by atoms with Crippen LogP contribution in [0.25, 0.3) is 0 Å². The Balaban J connectivity index is 0.00000256. The first-order chi connectivity index (χ1) is 7.41. The van der Waals surface area contributed by atoms with Crippen LogP contribution in [0, 0.1) is 17.8 Å². The maximum atomic E-state index is 11.6. The van der Waals surface area contributed by atoms with Crippen LogP contribution in [0.15, 0.2) is 11.5 Å². The minimum Gasteiger partial charge on any atom is -0.610 e. The van der Waals surface area contributed by atoms with Crippen molar-refractivity contribution in [3.05, 3.63) is 11.5 Å². The fraction of sp³-hybridized carbons (Fsp3) is 0.857. The van der Waals surface area contributed by atoms with Gasteiger partial charge in [0.1, 0.15) is 0 Å². The summed E-state index contributed by atoms with van der Waals surface area (Å²) in [5.41, 5.74) is 0.751. The monoisotopic (exact) mass is 232 g/mol. The van der Waals surface area contributed by atoms with E-state index in [0.717, 1.165) is 12.0 Å². The Bertz CT molecular complexity index is 257. The summed E-state index contributed by atoms with van der Waals surface area (Å²) in [4.78, 5) is 0. The van der Waals surface area contributed by atoms with Gasteiger partial charge in [0, 0.05) is 6.10 Å². The van der Waals surface area contributed by atoms with E-state index in [0.29, 0.717) is 17.8 Å². The van der Waals surface area contributed by atoms with Crippen molar-refractivity contribution in [2.75, 3.05) is 0 Å². The van der Waals surface area contributed by atoms with Gasteiger partial charge in [0.15, 0.2) is 0 Å². The summed E-state index contributed by atoms with van der Waals surface area (Å²) in [6.07, 6.45) is 3.62. The number of hydrogen-bond acceptors (Lipinski definition) is 2. The second kappa shape index (κ2) is 7.39. The molecule has 3 atom stereocenters. The zero-order chi connectivity index (χ0) is 12.3. The number of allylic oxidation sites excluding steroid dienone is 1. The molecule has 1 fully saturated rings. The van der Waals surface area contributed by atoms with Crippen molar-refractivity contribution in [1.29, 1.82) is 0 Å². The van der Waals surface area contributed by atoms with E-state index >= 15 is 0 Å². The molecule has 1 aliphatic carbocycles. The Labute approximate surface area is 118 Å². The molecule has 17 heavy (non-hydrogen) atoms. The van der Waals surface area contributed by atoms with Gasteiger partial charge in [-0.2, -0.15) is 0 Å². The average Bonchev–Trinajstić information content (AvgIpc) is 2.16. The third-order valence-corrected chi connectivity index (χ3v) is 3.63. The van der Waals surface area contributed by atoms with E-state index < -0.39 is 0 Å². The second-order valence-electron chi connectivity index (χ2n) is 5.77. The zero-order valence-electron chi connectivity index (χ0n) is 12.2. The minimum atomic E-state index is -0.121. The molecule has 0 N–H and O–H groups in total. The quantitative estimate of drug-likeness (QED) is 0.510. The summed E-state index contributed by atoms with van der Waals surface area (Å²) in [5, 5.41) is 11.6. The molecule has 0 amide bonds. The second-order valence-corrected chi connectivity index (χ2v) is 5.77. The third-order valence-electron chi connectivity index (χ3n) is 3.63. The molecule has 1 aliphatic rings. The predicted molar refractivity (Wildman–Crippen MR) is 64.6 cm³/mol. The van der Waals surface area contributed by atoms with Crippen LogP contribution in [0.3, 0.4) is 0 Å². The molecule has 0 unspecified atom stereocenters. The maximum Gasteiger partial charge on any atom is 1.00 e. The molecule has 3 heteroatoms. The molecule has 0 radical (unpaired) electrons. The van der Waals surface area contributed by atoms with Crippen LogP contribution >= 0.6 is 0 Å². The van der Waals surface area contributed by atoms with Crippen molar-refractivity contribution in [2.24, 2.45) is 17.8 Å². The Kier molecular flexibility index (Phi) is 7.36. The van der Waals surface area contributed by atoms with E-state index in [2.05, 4.69) is 20.8 Å². The van der Waals surface area contributed by atoms with Crippen molar-refractivity contribution >= 4 is 0 Å². The summed E-state index contributed by atoms with van der Waals surface area (Å²) in [6, 6.07) is 0. The van der Waals surface area contributed by atoms with Gasteiger partial charge in [-0.05, 0) is 44.4 Å². The number of ether oxygens (including phenoxy) is 1. The topological polar surface area (TPSA) is 32.3 Å². The van der Waals surface area contributed by atoms with Crippen LogP contribution < -0.4 is 24.0 Å². The van der Waals surface area contributed by atoms with Gasteiger partial charge in [-0.15, -0.1) is 0 Å². The van der Waals surface area contributed by atoms with Crippen LogP contribution in [-0.2, 0) is 4.74 Å². The van der Waals surface area contributed by atoms with Gasteiger partial charge in [-0.1, -0.05) is 32.8 Å². The van der Waals surface area contributed by atoms with Crippen LogP contribution in [-0.4, -0.2) is 6.10 Å². The summed E-state index contributed by atoms with van der Waals surface area (Å²) in [5.74, 6) is 1.71. The molecule has 0 heterocycles. The molecule has 0 aromatic rings. The number of rotatable bonds is 3. The van der Waals surface area contributed by atoms with E-state index in [1.54, 1.807) is 0 Å². The molecule has 0 aromatic heterocycles. The molecular formula is C14H25LiO2. The van der Waals surface area contributed by atoms with E-state index in [1.165, 1.54) is 12.8 Å². The Hall–Kier alpha value is -0.0626. The van der Waals surface area contributed by atoms with Crippen molar-refractivity contribution in [3.8, 4) is 0 Å². The molecule has 1 saturated carbocycles. The van der Waals surface area contributed by atoms with Gasteiger partial charge in [-0.25, -0.2) is 0 Å². The molecule has 2 nitrogen and oxygen atoms in total. The Morgan fingerprint density at radius 1 is 1.24 bits per heavy atom. The van der Waals surface area contributed by atoms with Gasteiger partial charge in [-0.3, -0.25) is 0 Å². The summed E-state index contributed by atoms with van der Waals surface area (Å²) in [6.45, 7) is 10.3. The van der Waals surface area contributed by atoms with Crippen molar-refractivity contribution in [1.82, 2.24) is 0 Å². The van der Waals surface area contributed by atoms with Gasteiger partial charge in [0.2, 0.25) is 0 Å². The van der Waals surface area contributed by atoms with Crippen LogP contribution in [0.4, 0.5) is 0 Å². The predicted octanol–water partition coefficient (Wildman–Crippen LogP) is 0.0795. The normalized spacial score (nSPS) is 28.5. The fourth-order valence-corrected chi connectivity index (χ4v) is 2.51. The Morgan fingerprint density at radius 2 is 1.82 bits per heavy atom. The summed E-state index contributed by atoms with van der Waals surface area (Å²) in [7, 11) is 0. The molecule has 0 spiro atoms. The zero-order valence-corrected chi connectivity index (χ0v) is 12.2. The molecule has 0 aliphatic heterocycles. The Morgan fingerprint density at radius 3 is 2.29 bits per heavy atom. The van der Waals surface area contributed by atoms with Crippen LogP contribution in [0.5, 0.6) is 0 Å². The first-order valence-corrected chi connectivity index (χ1v) is 6.43. The number of hydrogen-bond donors (Lipinski definition) is 0. The van der Waals surface area contributed by atoms with Crippen molar-refractivity contribution in [2.45, 2.75) is 60.0 Å². The van der Waals surface area contributed by atoms with E-state index in [-0.39, 0.29) is 30.9 Å². The van der Waals surface area contributed by atoms with Crippen LogP contribution in [0.1, 0.15) is 53.9 Å². The minimum absolute atomic E-state index is 0. The molecule has 94 valence electrons. The van der Waals surface area contributed by atoms with Crippen molar-refractivity contribution < 1.29 is 28.7 Å². The molecule has 1 rings (SSSR count).